The second kappa shape index (κ2) is 9.40. The number of hydrogen-bond donors (Lipinski definition) is 1. The van der Waals surface area contributed by atoms with E-state index in [2.05, 4.69) is 15.3 Å². The molecule has 3 rings (SSSR count). The van der Waals surface area contributed by atoms with Gasteiger partial charge < -0.3 is 15.0 Å². The van der Waals surface area contributed by atoms with Gasteiger partial charge in [-0.3, -0.25) is 4.79 Å². The molecule has 1 N–H and O–H groups in total. The number of nitrogens with zero attached hydrogens (tertiary/aromatic N) is 3. The number of rotatable bonds is 6. The molecule has 1 aliphatic heterocycles. The van der Waals surface area contributed by atoms with Crippen LogP contribution in [0.1, 0.15) is 40.7 Å². The average Bonchev–Trinajstić information content (AvgIpc) is 2.97. The third-order valence-corrected chi connectivity index (χ3v) is 4.73. The first-order valence-electron chi connectivity index (χ1n) is 9.11. The Labute approximate surface area is 154 Å². The lowest BCUT2D eigenvalue weighted by Crippen LogP contribution is -2.40. The van der Waals surface area contributed by atoms with Gasteiger partial charge in [0.2, 0.25) is 0 Å². The van der Waals surface area contributed by atoms with Gasteiger partial charge in [0.05, 0.1) is 6.61 Å². The fourth-order valence-electron chi connectivity index (χ4n) is 3.36. The zero-order chi connectivity index (χ0) is 18.2. The summed E-state index contributed by atoms with van der Waals surface area (Å²) in [4.78, 5) is 23.4. The Balaban J connectivity index is 1.81. The molecule has 1 amide bonds. The van der Waals surface area contributed by atoms with E-state index in [4.69, 9.17) is 4.74 Å². The molecule has 2 aromatic rings. The molecule has 1 unspecified atom stereocenters. The van der Waals surface area contributed by atoms with Gasteiger partial charge in [0.1, 0.15) is 6.33 Å². The number of hydrogen-bond acceptors (Lipinski definition) is 5. The predicted octanol–water partition coefficient (Wildman–Crippen LogP) is 2.41. The van der Waals surface area contributed by atoms with E-state index in [0.29, 0.717) is 18.7 Å². The van der Waals surface area contributed by atoms with Crippen LogP contribution in [0.4, 0.5) is 0 Å². The highest BCUT2D eigenvalue weighted by Gasteiger charge is 2.26. The summed E-state index contributed by atoms with van der Waals surface area (Å²) in [6.07, 6.45) is 8.12. The summed E-state index contributed by atoms with van der Waals surface area (Å²) in [6, 6.07) is 7.90. The Bertz CT molecular complexity index is 683. The van der Waals surface area contributed by atoms with Crippen LogP contribution in [0.5, 0.6) is 0 Å². The van der Waals surface area contributed by atoms with E-state index in [-0.39, 0.29) is 11.9 Å². The van der Waals surface area contributed by atoms with Crippen molar-refractivity contribution in [2.24, 2.45) is 0 Å². The second-order valence-electron chi connectivity index (χ2n) is 6.64. The molecule has 1 aliphatic rings. The largest absolute Gasteiger partial charge is 0.380 e. The molecule has 1 aromatic heterocycles. The maximum absolute atomic E-state index is 13.3. The molecule has 0 radical (unpaired) electrons. The van der Waals surface area contributed by atoms with Crippen molar-refractivity contribution >= 4 is 5.91 Å². The molecule has 1 saturated heterocycles. The van der Waals surface area contributed by atoms with Gasteiger partial charge in [-0.15, -0.1) is 0 Å². The molecule has 0 bridgehead atoms. The lowest BCUT2D eigenvalue weighted by molar-refractivity contribution is 0.0645. The van der Waals surface area contributed by atoms with Crippen LogP contribution in [0.15, 0.2) is 43.0 Å². The normalized spacial score (nSPS) is 17.5. The molecular formula is C20H26N4O2. The highest BCUT2D eigenvalue weighted by molar-refractivity contribution is 5.94. The molecule has 1 atom stereocenters. The van der Waals surface area contributed by atoms with Crippen LogP contribution < -0.4 is 5.32 Å². The van der Waals surface area contributed by atoms with Gasteiger partial charge in [-0.05, 0) is 50.0 Å². The number of ether oxygens (including phenoxy) is 1. The monoisotopic (exact) mass is 354 g/mol. The molecule has 2 heterocycles. The minimum absolute atomic E-state index is 0.0599. The Morgan fingerprint density at radius 2 is 1.92 bits per heavy atom. The fraction of sp³-hybridized carbons (Fsp3) is 0.450. The van der Waals surface area contributed by atoms with Crippen LogP contribution in [0.3, 0.4) is 0 Å². The van der Waals surface area contributed by atoms with Gasteiger partial charge in [0.25, 0.3) is 5.91 Å². The van der Waals surface area contributed by atoms with E-state index < -0.39 is 0 Å². The molecule has 138 valence electrons. The maximum Gasteiger partial charge on any atom is 0.254 e. The smallest absolute Gasteiger partial charge is 0.254 e. The number of benzene rings is 1. The fourth-order valence-corrected chi connectivity index (χ4v) is 3.36. The predicted molar refractivity (Wildman–Crippen MR) is 99.6 cm³/mol. The van der Waals surface area contributed by atoms with Crippen LogP contribution in [-0.2, 0) is 17.9 Å². The van der Waals surface area contributed by atoms with Gasteiger partial charge in [-0.2, -0.15) is 0 Å². The summed E-state index contributed by atoms with van der Waals surface area (Å²) in [5, 5.41) is 3.42. The van der Waals surface area contributed by atoms with Crippen molar-refractivity contribution < 1.29 is 9.53 Å². The van der Waals surface area contributed by atoms with Crippen LogP contribution in [0.25, 0.3) is 0 Å². The van der Waals surface area contributed by atoms with Gasteiger partial charge in [-0.25, -0.2) is 9.97 Å². The topological polar surface area (TPSA) is 67.3 Å². The quantitative estimate of drug-likeness (QED) is 0.863. The SMILES string of the molecule is COCc1ccc(C(=O)N(Cc2cncnc2)C2CCCNCC2)cc1. The second-order valence-corrected chi connectivity index (χ2v) is 6.64. The van der Waals surface area contributed by atoms with Crippen molar-refractivity contribution in [1.29, 1.82) is 0 Å². The van der Waals surface area contributed by atoms with E-state index in [0.717, 1.165) is 43.5 Å². The number of nitrogens with one attached hydrogen (secondary N) is 1. The minimum atomic E-state index is 0.0599. The third-order valence-electron chi connectivity index (χ3n) is 4.73. The number of methoxy groups -OCH3 is 1. The number of amides is 1. The number of aromatic nitrogens is 2. The zero-order valence-electron chi connectivity index (χ0n) is 15.2. The van der Waals surface area contributed by atoms with Crippen molar-refractivity contribution in [3.05, 3.63) is 59.7 Å². The molecule has 26 heavy (non-hydrogen) atoms. The lowest BCUT2D eigenvalue weighted by atomic mass is 10.0. The Morgan fingerprint density at radius 1 is 1.15 bits per heavy atom. The highest BCUT2D eigenvalue weighted by Crippen LogP contribution is 2.20. The summed E-state index contributed by atoms with van der Waals surface area (Å²) >= 11 is 0. The zero-order valence-corrected chi connectivity index (χ0v) is 15.2. The van der Waals surface area contributed by atoms with Gasteiger partial charge in [0, 0.05) is 43.2 Å². The van der Waals surface area contributed by atoms with E-state index in [1.807, 2.05) is 29.2 Å². The van der Waals surface area contributed by atoms with Crippen molar-refractivity contribution in [2.45, 2.75) is 38.5 Å². The van der Waals surface area contributed by atoms with E-state index in [1.165, 1.54) is 6.33 Å². The van der Waals surface area contributed by atoms with Crippen molar-refractivity contribution in [1.82, 2.24) is 20.2 Å². The van der Waals surface area contributed by atoms with E-state index in [9.17, 15) is 4.79 Å². The Morgan fingerprint density at radius 3 is 2.65 bits per heavy atom. The minimum Gasteiger partial charge on any atom is -0.380 e. The molecule has 6 nitrogen and oxygen atoms in total. The van der Waals surface area contributed by atoms with Gasteiger partial charge >= 0.3 is 0 Å². The first kappa shape index (κ1) is 18.5. The van der Waals surface area contributed by atoms with Crippen molar-refractivity contribution in [2.75, 3.05) is 20.2 Å². The Hall–Kier alpha value is -2.31. The van der Waals surface area contributed by atoms with Crippen LogP contribution in [0, 0.1) is 0 Å². The first-order chi connectivity index (χ1) is 12.8. The molecule has 0 spiro atoms. The van der Waals surface area contributed by atoms with Gasteiger partial charge in [0.15, 0.2) is 0 Å². The van der Waals surface area contributed by atoms with Crippen LogP contribution in [0.2, 0.25) is 0 Å². The number of carbonyl (C=O) groups is 1. The summed E-state index contributed by atoms with van der Waals surface area (Å²) < 4.78 is 5.15. The average molecular weight is 354 g/mol. The van der Waals surface area contributed by atoms with E-state index >= 15 is 0 Å². The lowest BCUT2D eigenvalue weighted by Gasteiger charge is -2.31. The number of carbonyl (C=O) groups excluding carboxylic acids is 1. The molecule has 0 aliphatic carbocycles. The van der Waals surface area contributed by atoms with Gasteiger partial charge in [-0.1, -0.05) is 12.1 Å². The molecule has 1 aromatic carbocycles. The Kier molecular flexibility index (Phi) is 6.68. The van der Waals surface area contributed by atoms with Crippen LogP contribution >= 0.6 is 0 Å². The molecule has 6 heteroatoms. The maximum atomic E-state index is 13.3. The van der Waals surface area contributed by atoms with Crippen LogP contribution in [-0.4, -0.2) is 47.0 Å². The molecule has 1 fully saturated rings. The first-order valence-corrected chi connectivity index (χ1v) is 9.11. The highest BCUT2D eigenvalue weighted by atomic mass is 16.5. The standard InChI is InChI=1S/C20H26N4O2/c1-26-14-16-4-6-18(7-5-16)20(25)24(13-17-11-22-15-23-12-17)19-3-2-9-21-10-8-19/h4-7,11-12,15,19,21H,2-3,8-10,13-14H2,1H3. The van der Waals surface area contributed by atoms with Crippen molar-refractivity contribution in [3.63, 3.8) is 0 Å². The van der Waals surface area contributed by atoms with Crippen molar-refractivity contribution in [3.8, 4) is 0 Å². The summed E-state index contributed by atoms with van der Waals surface area (Å²) in [6.45, 7) is 3.03. The molecule has 0 saturated carbocycles. The summed E-state index contributed by atoms with van der Waals surface area (Å²) in [5.41, 5.74) is 2.72. The van der Waals surface area contributed by atoms with E-state index in [1.54, 1.807) is 19.5 Å². The summed E-state index contributed by atoms with van der Waals surface area (Å²) in [5.74, 6) is 0.0599. The summed E-state index contributed by atoms with van der Waals surface area (Å²) in [7, 11) is 1.67. The molecular weight excluding hydrogens is 328 g/mol. The third kappa shape index (κ3) is 4.86.